The molecule has 1 aliphatic heterocycles. The van der Waals surface area contributed by atoms with Crippen LogP contribution in [0.2, 0.25) is 0 Å². The summed E-state index contributed by atoms with van der Waals surface area (Å²) in [6.07, 6.45) is 0.726. The second kappa shape index (κ2) is 8.76. The van der Waals surface area contributed by atoms with E-state index in [1.165, 1.54) is 11.6 Å². The summed E-state index contributed by atoms with van der Waals surface area (Å²) in [6, 6.07) is 13.6. The number of nitrogens with one attached hydrogen (secondary N) is 1. The van der Waals surface area contributed by atoms with E-state index in [4.69, 9.17) is 0 Å². The van der Waals surface area contributed by atoms with Gasteiger partial charge in [-0.05, 0) is 60.9 Å². The van der Waals surface area contributed by atoms with Crippen LogP contribution in [0.4, 0.5) is 24.7 Å². The Labute approximate surface area is 206 Å². The highest BCUT2D eigenvalue weighted by Gasteiger charge is 2.32. The Kier molecular flexibility index (Phi) is 5.54. The third-order valence-electron chi connectivity index (χ3n) is 7.47. The normalized spacial score (nSPS) is 17.3. The minimum atomic E-state index is -4.38. The number of para-hydroxylation sites is 1. The maximum Gasteiger partial charge on any atom is 0.416 e. The fourth-order valence-corrected chi connectivity index (χ4v) is 5.64. The molecule has 2 aliphatic rings. The molecule has 1 aliphatic carbocycles. The number of Topliss-reactive ketones (excluding diaryl/α,β-unsaturated/α-hetero) is 1. The van der Waals surface area contributed by atoms with Crippen molar-refractivity contribution in [1.82, 2.24) is 15.0 Å². The number of alkyl halides is 3. The van der Waals surface area contributed by atoms with Crippen molar-refractivity contribution in [1.29, 1.82) is 0 Å². The number of hydrogen-bond donors (Lipinski definition) is 1. The smallest absolute Gasteiger partial charge is 0.343 e. The van der Waals surface area contributed by atoms with Crippen LogP contribution in [0.15, 0.2) is 54.9 Å². The lowest BCUT2D eigenvalue weighted by molar-refractivity contribution is -0.137. The molecule has 5 nitrogen and oxygen atoms in total. The number of hydrogen-bond acceptors (Lipinski definition) is 4. The van der Waals surface area contributed by atoms with E-state index in [2.05, 4.69) is 32.0 Å². The van der Waals surface area contributed by atoms with E-state index in [1.54, 1.807) is 12.4 Å². The van der Waals surface area contributed by atoms with E-state index < -0.39 is 11.7 Å². The van der Waals surface area contributed by atoms with Gasteiger partial charge in [0.05, 0.1) is 10.9 Å². The Morgan fingerprint density at radius 2 is 1.94 bits per heavy atom. The molecule has 0 fully saturated rings. The van der Waals surface area contributed by atoms with Gasteiger partial charge in [0.15, 0.2) is 0 Å². The lowest BCUT2D eigenvalue weighted by atomic mass is 9.82. The van der Waals surface area contributed by atoms with Crippen LogP contribution in [-0.4, -0.2) is 27.3 Å². The predicted molar refractivity (Wildman–Crippen MR) is 131 cm³/mol. The molecule has 2 aromatic carbocycles. The number of fused-ring (bicyclic) bond motifs is 4. The molecule has 6 rings (SSSR count). The lowest BCUT2D eigenvalue weighted by Gasteiger charge is -2.23. The maximum atomic E-state index is 13.2. The van der Waals surface area contributed by atoms with Gasteiger partial charge in [-0.1, -0.05) is 36.4 Å². The summed E-state index contributed by atoms with van der Waals surface area (Å²) in [5.74, 6) is 0.790. The highest BCUT2D eigenvalue weighted by atomic mass is 19.4. The molecule has 0 radical (unpaired) electrons. The van der Waals surface area contributed by atoms with Gasteiger partial charge in [-0.25, -0.2) is 9.97 Å². The summed E-state index contributed by atoms with van der Waals surface area (Å²) in [5.41, 5.74) is 5.27. The van der Waals surface area contributed by atoms with Gasteiger partial charge in [0, 0.05) is 30.3 Å². The molecule has 0 spiro atoms. The van der Waals surface area contributed by atoms with Crippen LogP contribution in [0.1, 0.15) is 40.8 Å². The van der Waals surface area contributed by atoms with Crippen LogP contribution in [0.25, 0.3) is 11.0 Å². The van der Waals surface area contributed by atoms with Gasteiger partial charge in [0.25, 0.3) is 0 Å². The summed E-state index contributed by atoms with van der Waals surface area (Å²) in [4.78, 5) is 28.0. The van der Waals surface area contributed by atoms with Crippen molar-refractivity contribution in [3.63, 3.8) is 0 Å². The third-order valence-corrected chi connectivity index (χ3v) is 7.47. The fourth-order valence-electron chi connectivity index (χ4n) is 5.64. The van der Waals surface area contributed by atoms with Crippen molar-refractivity contribution in [3.8, 4) is 0 Å². The molecular formula is C28H25F3N4O. The van der Waals surface area contributed by atoms with Crippen LogP contribution in [0, 0.1) is 5.92 Å². The number of nitrogens with zero attached hydrogens (tertiary/aromatic N) is 3. The molecular weight excluding hydrogens is 465 g/mol. The summed E-state index contributed by atoms with van der Waals surface area (Å²) in [6.45, 7) is 0.838. The van der Waals surface area contributed by atoms with Crippen molar-refractivity contribution < 1.29 is 18.0 Å². The first-order chi connectivity index (χ1) is 17.4. The first-order valence-corrected chi connectivity index (χ1v) is 12.3. The minimum Gasteiger partial charge on any atom is -0.343 e. The second-order valence-corrected chi connectivity index (χ2v) is 9.64. The van der Waals surface area contributed by atoms with E-state index in [-0.39, 0.29) is 18.1 Å². The van der Waals surface area contributed by atoms with Crippen LogP contribution in [-0.2, 0) is 36.7 Å². The number of carbonyl (C=O) groups is 1. The van der Waals surface area contributed by atoms with Gasteiger partial charge in [-0.15, -0.1) is 0 Å². The zero-order valence-electron chi connectivity index (χ0n) is 19.6. The standard InChI is InChI=1S/C28H25F3N4O/c29-28(30,31)20-6-3-4-17(14-20)8-11-24(36)19-9-10-22-21(15-19)25-26(34-22)32-16-33-27(25)35-13-12-18-5-1-2-7-23(18)35/h1-7,14,16,19H,8-13,15H2,(H,32,33,34). The van der Waals surface area contributed by atoms with E-state index in [1.807, 2.05) is 12.1 Å². The number of halogens is 3. The number of H-pyrrole nitrogens is 1. The van der Waals surface area contributed by atoms with Crippen molar-refractivity contribution in [3.05, 3.63) is 82.8 Å². The zero-order valence-corrected chi connectivity index (χ0v) is 19.6. The number of aryl methyl sites for hydroxylation is 2. The van der Waals surface area contributed by atoms with Crippen molar-refractivity contribution >= 4 is 28.3 Å². The average Bonchev–Trinajstić information content (AvgIpc) is 3.48. The number of aromatic amines is 1. The van der Waals surface area contributed by atoms with Crippen LogP contribution in [0.3, 0.4) is 0 Å². The van der Waals surface area contributed by atoms with Crippen molar-refractivity contribution in [2.45, 2.75) is 44.7 Å². The Balaban J connectivity index is 1.24. The monoisotopic (exact) mass is 490 g/mol. The molecule has 1 atom stereocenters. The molecule has 1 N–H and O–H groups in total. The van der Waals surface area contributed by atoms with Gasteiger partial charge < -0.3 is 9.88 Å². The fraction of sp³-hybridized carbons (Fsp3) is 0.321. The number of carbonyl (C=O) groups excluding carboxylic acids is 1. The number of benzene rings is 2. The van der Waals surface area contributed by atoms with E-state index in [0.29, 0.717) is 18.4 Å². The first kappa shape index (κ1) is 22.8. The van der Waals surface area contributed by atoms with E-state index in [0.717, 1.165) is 71.7 Å². The van der Waals surface area contributed by atoms with Crippen molar-refractivity contribution in [2.24, 2.45) is 5.92 Å². The Morgan fingerprint density at radius 3 is 2.81 bits per heavy atom. The number of ketones is 1. The lowest BCUT2D eigenvalue weighted by Crippen LogP contribution is -2.23. The minimum absolute atomic E-state index is 0.0947. The van der Waals surface area contributed by atoms with Gasteiger partial charge in [-0.2, -0.15) is 13.2 Å². The SMILES string of the molecule is O=C(CCc1cccc(C(F)(F)F)c1)C1CCc2[nH]c3ncnc(N4CCc5ccccc54)c3c2C1. The van der Waals surface area contributed by atoms with Crippen LogP contribution < -0.4 is 4.90 Å². The Hall–Kier alpha value is -3.68. The van der Waals surface area contributed by atoms with Crippen LogP contribution in [0.5, 0.6) is 0 Å². The molecule has 8 heteroatoms. The van der Waals surface area contributed by atoms with Crippen LogP contribution >= 0.6 is 0 Å². The molecule has 0 amide bonds. The number of anilines is 2. The Bertz CT molecular complexity index is 1460. The zero-order chi connectivity index (χ0) is 24.9. The summed E-state index contributed by atoms with van der Waals surface area (Å²) < 4.78 is 39.1. The molecule has 3 heterocycles. The first-order valence-electron chi connectivity index (χ1n) is 12.3. The van der Waals surface area contributed by atoms with E-state index in [9.17, 15) is 18.0 Å². The summed E-state index contributed by atoms with van der Waals surface area (Å²) in [5, 5.41) is 0.972. The van der Waals surface area contributed by atoms with Crippen molar-refractivity contribution in [2.75, 3.05) is 11.4 Å². The number of aromatic nitrogens is 3. The molecule has 4 aromatic rings. The summed E-state index contributed by atoms with van der Waals surface area (Å²) in [7, 11) is 0. The largest absolute Gasteiger partial charge is 0.416 e. The third kappa shape index (κ3) is 4.04. The van der Waals surface area contributed by atoms with Gasteiger partial charge in [0.1, 0.15) is 23.6 Å². The molecule has 0 bridgehead atoms. The quantitative estimate of drug-likeness (QED) is 0.374. The maximum absolute atomic E-state index is 13.2. The molecule has 1 unspecified atom stereocenters. The highest BCUT2D eigenvalue weighted by Crippen LogP contribution is 2.41. The second-order valence-electron chi connectivity index (χ2n) is 9.64. The van der Waals surface area contributed by atoms with Gasteiger partial charge >= 0.3 is 6.18 Å². The molecule has 0 saturated carbocycles. The average molecular weight is 491 g/mol. The topological polar surface area (TPSA) is 61.9 Å². The highest BCUT2D eigenvalue weighted by molar-refractivity contribution is 5.95. The molecule has 2 aromatic heterocycles. The predicted octanol–water partition coefficient (Wildman–Crippen LogP) is 5.98. The molecule has 184 valence electrons. The van der Waals surface area contributed by atoms with E-state index >= 15 is 0 Å². The molecule has 0 saturated heterocycles. The Morgan fingerprint density at radius 1 is 1.08 bits per heavy atom. The molecule has 36 heavy (non-hydrogen) atoms. The van der Waals surface area contributed by atoms with Gasteiger partial charge in [-0.3, -0.25) is 4.79 Å². The van der Waals surface area contributed by atoms with Gasteiger partial charge in [0.2, 0.25) is 0 Å². The number of rotatable bonds is 5. The summed E-state index contributed by atoms with van der Waals surface area (Å²) >= 11 is 0.